The molecular formula is C14H29. The van der Waals surface area contributed by atoms with E-state index in [0.717, 1.165) is 11.8 Å². The number of hydrogen-bond acceptors (Lipinski definition) is 0. The van der Waals surface area contributed by atoms with E-state index in [1.165, 1.54) is 19.3 Å². The topological polar surface area (TPSA) is 0 Å². The lowest BCUT2D eigenvalue weighted by molar-refractivity contribution is 0.223. The quantitative estimate of drug-likeness (QED) is 0.576. The molecule has 0 heteroatoms. The molecule has 14 heavy (non-hydrogen) atoms. The van der Waals surface area contributed by atoms with Crippen molar-refractivity contribution in [3.8, 4) is 0 Å². The molecule has 0 saturated heterocycles. The van der Waals surface area contributed by atoms with Gasteiger partial charge in [-0.3, -0.25) is 0 Å². The Kier molecular flexibility index (Phi) is 5.78. The Morgan fingerprint density at radius 1 is 1.00 bits per heavy atom. The smallest absolute Gasteiger partial charge is 0.0269 e. The third-order valence-electron chi connectivity index (χ3n) is 3.19. The van der Waals surface area contributed by atoms with Gasteiger partial charge in [-0.15, -0.1) is 0 Å². The standard InChI is InChI=1S/C14H29/c1-8-12(9-2)13(11(3)4)10-14(5,6)7/h12-13H,8-10H2,1-7H3. The zero-order chi connectivity index (χ0) is 11.4. The Morgan fingerprint density at radius 3 is 1.64 bits per heavy atom. The summed E-state index contributed by atoms with van der Waals surface area (Å²) in [6.45, 7) is 16.3. The van der Waals surface area contributed by atoms with Gasteiger partial charge in [0.15, 0.2) is 0 Å². The monoisotopic (exact) mass is 197 g/mol. The lowest BCUT2D eigenvalue weighted by Gasteiger charge is -2.34. The lowest BCUT2D eigenvalue weighted by atomic mass is 9.72. The molecule has 0 saturated carbocycles. The summed E-state index contributed by atoms with van der Waals surface area (Å²) in [5.41, 5.74) is 0.463. The lowest BCUT2D eigenvalue weighted by Crippen LogP contribution is -2.24. The predicted octanol–water partition coefficient (Wildman–Crippen LogP) is 5.09. The molecule has 0 aromatic carbocycles. The Balaban J connectivity index is 4.43. The van der Waals surface area contributed by atoms with Crippen molar-refractivity contribution in [2.75, 3.05) is 0 Å². The normalized spacial score (nSPS) is 15.2. The molecule has 0 aliphatic carbocycles. The summed E-state index contributed by atoms with van der Waals surface area (Å²) >= 11 is 0. The van der Waals surface area contributed by atoms with Crippen LogP contribution in [0.1, 0.15) is 67.7 Å². The first-order valence-corrected chi connectivity index (χ1v) is 6.11. The van der Waals surface area contributed by atoms with E-state index in [2.05, 4.69) is 48.5 Å². The highest BCUT2D eigenvalue weighted by molar-refractivity contribution is 4.92. The molecular weight excluding hydrogens is 168 g/mol. The van der Waals surface area contributed by atoms with Gasteiger partial charge in [0.25, 0.3) is 0 Å². The summed E-state index contributed by atoms with van der Waals surface area (Å²) in [5, 5.41) is 0. The van der Waals surface area contributed by atoms with Crippen molar-refractivity contribution < 1.29 is 0 Å². The molecule has 1 unspecified atom stereocenters. The summed E-state index contributed by atoms with van der Waals surface area (Å²) in [6.07, 6.45) is 3.98. The van der Waals surface area contributed by atoms with Crippen molar-refractivity contribution in [3.05, 3.63) is 5.92 Å². The zero-order valence-corrected chi connectivity index (χ0v) is 11.3. The molecule has 0 nitrogen and oxygen atoms in total. The van der Waals surface area contributed by atoms with Gasteiger partial charge in [-0.2, -0.15) is 0 Å². The molecule has 0 aromatic rings. The van der Waals surface area contributed by atoms with Crippen LogP contribution in [0.25, 0.3) is 0 Å². The Hall–Kier alpha value is 0. The van der Waals surface area contributed by atoms with E-state index in [0.29, 0.717) is 5.41 Å². The highest BCUT2D eigenvalue weighted by Crippen LogP contribution is 2.37. The van der Waals surface area contributed by atoms with Crippen LogP contribution in [0.4, 0.5) is 0 Å². The SMILES string of the molecule is CCC(CC)C(CC(C)(C)C)[C](C)C. The third kappa shape index (κ3) is 5.02. The molecule has 1 atom stereocenters. The maximum Gasteiger partial charge on any atom is -0.0269 e. The molecule has 0 amide bonds. The summed E-state index contributed by atoms with van der Waals surface area (Å²) in [6, 6.07) is 0. The highest BCUT2D eigenvalue weighted by Gasteiger charge is 2.26. The minimum absolute atomic E-state index is 0.463. The minimum atomic E-state index is 0.463. The van der Waals surface area contributed by atoms with Gasteiger partial charge in [-0.1, -0.05) is 61.3 Å². The van der Waals surface area contributed by atoms with Gasteiger partial charge in [-0.05, 0) is 29.6 Å². The molecule has 0 N–H and O–H groups in total. The van der Waals surface area contributed by atoms with E-state index in [4.69, 9.17) is 0 Å². The summed E-state index contributed by atoms with van der Waals surface area (Å²) in [4.78, 5) is 0. The van der Waals surface area contributed by atoms with Crippen molar-refractivity contribution in [1.82, 2.24) is 0 Å². The van der Waals surface area contributed by atoms with Gasteiger partial charge < -0.3 is 0 Å². The third-order valence-corrected chi connectivity index (χ3v) is 3.19. The van der Waals surface area contributed by atoms with Crippen LogP contribution < -0.4 is 0 Å². The van der Waals surface area contributed by atoms with Gasteiger partial charge in [0, 0.05) is 0 Å². The molecule has 0 heterocycles. The van der Waals surface area contributed by atoms with Crippen LogP contribution in [0.15, 0.2) is 0 Å². The van der Waals surface area contributed by atoms with E-state index in [9.17, 15) is 0 Å². The second kappa shape index (κ2) is 5.78. The van der Waals surface area contributed by atoms with Gasteiger partial charge in [-0.25, -0.2) is 0 Å². The largest absolute Gasteiger partial charge is 0.0651 e. The molecule has 1 radical (unpaired) electrons. The molecule has 0 spiro atoms. The first-order chi connectivity index (χ1) is 6.31. The van der Waals surface area contributed by atoms with Crippen LogP contribution in [0, 0.1) is 23.2 Å². The Bertz CT molecular complexity index is 135. The van der Waals surface area contributed by atoms with Crippen molar-refractivity contribution in [2.24, 2.45) is 17.3 Å². The summed E-state index contributed by atoms with van der Waals surface area (Å²) < 4.78 is 0. The predicted molar refractivity (Wildman–Crippen MR) is 66.2 cm³/mol. The van der Waals surface area contributed by atoms with Gasteiger partial charge in [0.05, 0.1) is 0 Å². The number of hydrogen-bond donors (Lipinski definition) is 0. The van der Waals surface area contributed by atoms with E-state index in [1.807, 2.05) is 0 Å². The fraction of sp³-hybridized carbons (Fsp3) is 0.929. The average molecular weight is 197 g/mol. The van der Waals surface area contributed by atoms with E-state index >= 15 is 0 Å². The maximum absolute atomic E-state index is 2.35. The van der Waals surface area contributed by atoms with Gasteiger partial charge in [0.1, 0.15) is 0 Å². The van der Waals surface area contributed by atoms with Crippen LogP contribution in [0.2, 0.25) is 0 Å². The Morgan fingerprint density at radius 2 is 1.43 bits per heavy atom. The van der Waals surface area contributed by atoms with E-state index in [1.54, 1.807) is 5.92 Å². The Labute approximate surface area is 91.5 Å². The van der Waals surface area contributed by atoms with Crippen molar-refractivity contribution >= 4 is 0 Å². The molecule has 0 aliphatic rings. The van der Waals surface area contributed by atoms with Gasteiger partial charge >= 0.3 is 0 Å². The fourth-order valence-corrected chi connectivity index (χ4v) is 2.36. The van der Waals surface area contributed by atoms with Crippen molar-refractivity contribution in [3.63, 3.8) is 0 Å². The van der Waals surface area contributed by atoms with Crippen LogP contribution in [-0.4, -0.2) is 0 Å². The number of rotatable bonds is 5. The maximum atomic E-state index is 2.35. The summed E-state index contributed by atoms with van der Waals surface area (Å²) in [7, 11) is 0. The van der Waals surface area contributed by atoms with Crippen molar-refractivity contribution in [1.29, 1.82) is 0 Å². The second-order valence-electron chi connectivity index (χ2n) is 6.03. The first kappa shape index (κ1) is 14.0. The van der Waals surface area contributed by atoms with Crippen LogP contribution in [-0.2, 0) is 0 Å². The fourth-order valence-electron chi connectivity index (χ4n) is 2.36. The van der Waals surface area contributed by atoms with Crippen molar-refractivity contribution in [2.45, 2.75) is 67.7 Å². The zero-order valence-electron chi connectivity index (χ0n) is 11.3. The van der Waals surface area contributed by atoms with Gasteiger partial charge in [0.2, 0.25) is 0 Å². The average Bonchev–Trinajstić information content (AvgIpc) is 2.02. The highest BCUT2D eigenvalue weighted by atomic mass is 14.3. The van der Waals surface area contributed by atoms with E-state index < -0.39 is 0 Å². The minimum Gasteiger partial charge on any atom is -0.0651 e. The molecule has 0 fully saturated rings. The van der Waals surface area contributed by atoms with E-state index in [-0.39, 0.29) is 0 Å². The molecule has 0 rings (SSSR count). The molecule has 0 bridgehead atoms. The van der Waals surface area contributed by atoms with Crippen LogP contribution >= 0.6 is 0 Å². The summed E-state index contributed by atoms with van der Waals surface area (Å²) in [5.74, 6) is 3.33. The molecule has 0 aliphatic heterocycles. The van der Waals surface area contributed by atoms with Crippen LogP contribution in [0.3, 0.4) is 0 Å². The first-order valence-electron chi connectivity index (χ1n) is 6.11. The molecule has 85 valence electrons. The second-order valence-corrected chi connectivity index (χ2v) is 6.03. The molecule has 0 aromatic heterocycles. The van der Waals surface area contributed by atoms with Crippen LogP contribution in [0.5, 0.6) is 0 Å².